The molecule has 1 rings (SSSR count). The highest BCUT2D eigenvalue weighted by Crippen LogP contribution is 2.52. The minimum atomic E-state index is 0.317. The van der Waals surface area contributed by atoms with Crippen LogP contribution in [0, 0.1) is 11.3 Å². The molecule has 1 heteroatoms. The van der Waals surface area contributed by atoms with Gasteiger partial charge in [0.25, 0.3) is 0 Å². The highest BCUT2D eigenvalue weighted by atomic mass is 15.2. The Morgan fingerprint density at radius 1 is 0.944 bits per heavy atom. The summed E-state index contributed by atoms with van der Waals surface area (Å²) in [6, 6.07) is 0. The lowest BCUT2D eigenvalue weighted by Crippen LogP contribution is -2.62. The highest BCUT2D eigenvalue weighted by Gasteiger charge is 2.50. The van der Waals surface area contributed by atoms with Crippen LogP contribution in [0.1, 0.15) is 80.6 Å². The molecule has 1 heterocycles. The van der Waals surface area contributed by atoms with Crippen molar-refractivity contribution in [2.75, 3.05) is 7.05 Å². The lowest BCUT2D eigenvalue weighted by atomic mass is 9.58. The van der Waals surface area contributed by atoms with Gasteiger partial charge in [-0.1, -0.05) is 40.0 Å². The third-order valence-electron chi connectivity index (χ3n) is 5.60. The first-order chi connectivity index (χ1) is 8.09. The zero-order valence-electron chi connectivity index (χ0n) is 14.1. The van der Waals surface area contributed by atoms with Crippen LogP contribution in [-0.2, 0) is 0 Å². The van der Waals surface area contributed by atoms with E-state index in [9.17, 15) is 0 Å². The van der Waals surface area contributed by atoms with Crippen molar-refractivity contribution in [1.82, 2.24) is 4.90 Å². The molecule has 0 N–H and O–H groups in total. The predicted octanol–water partition coefficient (Wildman–Crippen LogP) is 5.10. The van der Waals surface area contributed by atoms with E-state index in [1.165, 1.54) is 32.1 Å². The van der Waals surface area contributed by atoms with Crippen LogP contribution in [0.5, 0.6) is 0 Å². The number of nitrogens with zero attached hydrogens (tertiary/aromatic N) is 1. The molecule has 0 aromatic rings. The average Bonchev–Trinajstić information content (AvgIpc) is 2.21. The molecule has 18 heavy (non-hydrogen) atoms. The summed E-state index contributed by atoms with van der Waals surface area (Å²) in [5, 5.41) is 0. The molecule has 0 saturated carbocycles. The molecule has 0 spiro atoms. The van der Waals surface area contributed by atoms with Crippen molar-refractivity contribution in [2.24, 2.45) is 11.3 Å². The maximum atomic E-state index is 2.60. The zero-order chi connectivity index (χ0) is 14.2. The van der Waals surface area contributed by atoms with Crippen molar-refractivity contribution < 1.29 is 0 Å². The normalized spacial score (nSPS) is 28.0. The minimum absolute atomic E-state index is 0.317. The Morgan fingerprint density at radius 3 is 1.72 bits per heavy atom. The number of likely N-dealkylation sites (tertiary alicyclic amines) is 1. The summed E-state index contributed by atoms with van der Waals surface area (Å²) in [6.45, 7) is 16.9. The van der Waals surface area contributed by atoms with E-state index < -0.39 is 0 Å². The monoisotopic (exact) mass is 253 g/mol. The van der Waals surface area contributed by atoms with Crippen molar-refractivity contribution in [2.45, 2.75) is 91.6 Å². The van der Waals surface area contributed by atoms with Gasteiger partial charge in [0.1, 0.15) is 0 Å². The Morgan fingerprint density at radius 2 is 1.39 bits per heavy atom. The summed E-state index contributed by atoms with van der Waals surface area (Å²) >= 11 is 0. The summed E-state index contributed by atoms with van der Waals surface area (Å²) in [4.78, 5) is 2.60. The van der Waals surface area contributed by atoms with Gasteiger partial charge in [-0.3, -0.25) is 4.90 Å². The molecular weight excluding hydrogens is 218 g/mol. The predicted molar refractivity (Wildman–Crippen MR) is 82.0 cm³/mol. The molecule has 0 aliphatic carbocycles. The SMILES string of the molecule is CCCC(CC)C1(C)CC(C)(C)N(C)C(C)(C)C1. The number of hydrogen-bond donors (Lipinski definition) is 0. The molecule has 1 atom stereocenters. The van der Waals surface area contributed by atoms with Gasteiger partial charge < -0.3 is 0 Å². The van der Waals surface area contributed by atoms with Crippen LogP contribution < -0.4 is 0 Å². The lowest BCUT2D eigenvalue weighted by Gasteiger charge is -2.59. The topological polar surface area (TPSA) is 3.24 Å². The summed E-state index contributed by atoms with van der Waals surface area (Å²) < 4.78 is 0. The van der Waals surface area contributed by atoms with E-state index >= 15 is 0 Å². The smallest absolute Gasteiger partial charge is 0.0160 e. The highest BCUT2D eigenvalue weighted by molar-refractivity contribution is 5.04. The van der Waals surface area contributed by atoms with Gasteiger partial charge in [0, 0.05) is 11.1 Å². The summed E-state index contributed by atoms with van der Waals surface area (Å²) in [7, 11) is 2.31. The Hall–Kier alpha value is -0.0400. The molecule has 1 aliphatic rings. The minimum Gasteiger partial charge on any atom is -0.296 e. The molecule has 0 aromatic carbocycles. The molecule has 0 radical (unpaired) electrons. The summed E-state index contributed by atoms with van der Waals surface area (Å²) in [6.07, 6.45) is 6.71. The Bertz CT molecular complexity index is 259. The van der Waals surface area contributed by atoms with Gasteiger partial charge in [-0.2, -0.15) is 0 Å². The fourth-order valence-corrected chi connectivity index (χ4v) is 4.78. The molecule has 0 bridgehead atoms. The first-order valence-corrected chi connectivity index (χ1v) is 7.83. The number of rotatable bonds is 4. The van der Waals surface area contributed by atoms with Gasteiger partial charge in [-0.15, -0.1) is 0 Å². The molecule has 1 aliphatic heterocycles. The zero-order valence-corrected chi connectivity index (χ0v) is 14.1. The molecule has 1 unspecified atom stereocenters. The van der Waals surface area contributed by atoms with Crippen LogP contribution >= 0.6 is 0 Å². The Kier molecular flexibility index (Phi) is 4.58. The largest absolute Gasteiger partial charge is 0.296 e. The molecule has 0 aromatic heterocycles. The lowest BCUT2D eigenvalue weighted by molar-refractivity contribution is -0.0895. The van der Waals surface area contributed by atoms with Gasteiger partial charge >= 0.3 is 0 Å². The second-order valence-electron chi connectivity index (χ2n) is 8.09. The maximum absolute atomic E-state index is 2.60. The molecular formula is C17H35N. The van der Waals surface area contributed by atoms with E-state index in [1.54, 1.807) is 0 Å². The van der Waals surface area contributed by atoms with Crippen molar-refractivity contribution in [3.8, 4) is 0 Å². The molecule has 0 amide bonds. The first kappa shape index (κ1) is 16.0. The van der Waals surface area contributed by atoms with E-state index in [4.69, 9.17) is 0 Å². The maximum Gasteiger partial charge on any atom is 0.0160 e. The van der Waals surface area contributed by atoms with Crippen molar-refractivity contribution in [3.05, 3.63) is 0 Å². The number of piperidine rings is 1. The molecule has 1 nitrogen and oxygen atoms in total. The van der Waals surface area contributed by atoms with Gasteiger partial charge in [0.15, 0.2) is 0 Å². The Balaban J connectivity index is 3.02. The fourth-order valence-electron chi connectivity index (χ4n) is 4.78. The van der Waals surface area contributed by atoms with E-state index in [2.05, 4.69) is 60.4 Å². The molecule has 1 saturated heterocycles. The summed E-state index contributed by atoms with van der Waals surface area (Å²) in [5.74, 6) is 0.884. The first-order valence-electron chi connectivity index (χ1n) is 7.83. The average molecular weight is 253 g/mol. The Labute approximate surface area is 115 Å². The fraction of sp³-hybridized carbons (Fsp3) is 1.00. The van der Waals surface area contributed by atoms with Crippen LogP contribution in [0.4, 0.5) is 0 Å². The van der Waals surface area contributed by atoms with Crippen molar-refractivity contribution in [3.63, 3.8) is 0 Å². The standard InChI is InChI=1S/C17H35N/c1-9-11-14(10-2)17(7)12-15(3,4)18(8)16(5,6)13-17/h14H,9-13H2,1-8H3. The van der Waals surface area contributed by atoms with Crippen LogP contribution in [0.2, 0.25) is 0 Å². The van der Waals surface area contributed by atoms with Gasteiger partial charge in [0.2, 0.25) is 0 Å². The molecule has 1 fully saturated rings. The van der Waals surface area contributed by atoms with E-state index in [-0.39, 0.29) is 0 Å². The van der Waals surface area contributed by atoms with Crippen molar-refractivity contribution in [1.29, 1.82) is 0 Å². The van der Waals surface area contributed by atoms with Crippen LogP contribution in [0.25, 0.3) is 0 Å². The van der Waals surface area contributed by atoms with Crippen molar-refractivity contribution >= 4 is 0 Å². The van der Waals surface area contributed by atoms with Crippen LogP contribution in [-0.4, -0.2) is 23.0 Å². The third kappa shape index (κ3) is 2.92. The second kappa shape index (κ2) is 5.15. The molecule has 108 valence electrons. The number of hydrogen-bond acceptors (Lipinski definition) is 1. The van der Waals surface area contributed by atoms with Gasteiger partial charge in [0.05, 0.1) is 0 Å². The quantitative estimate of drug-likeness (QED) is 0.673. The van der Waals surface area contributed by atoms with E-state index in [1.807, 2.05) is 0 Å². The third-order valence-corrected chi connectivity index (χ3v) is 5.60. The van der Waals surface area contributed by atoms with E-state index in [0.29, 0.717) is 16.5 Å². The van der Waals surface area contributed by atoms with E-state index in [0.717, 1.165) is 5.92 Å². The van der Waals surface area contributed by atoms with Gasteiger partial charge in [-0.25, -0.2) is 0 Å². The van der Waals surface area contributed by atoms with Crippen LogP contribution in [0.3, 0.4) is 0 Å². The second-order valence-corrected chi connectivity index (χ2v) is 8.09. The summed E-state index contributed by atoms with van der Waals surface area (Å²) in [5.41, 5.74) is 1.14. The van der Waals surface area contributed by atoms with Gasteiger partial charge in [-0.05, 0) is 58.9 Å². The van der Waals surface area contributed by atoms with Crippen LogP contribution in [0.15, 0.2) is 0 Å².